The number of nitrogens with zero attached hydrogens (tertiary/aromatic N) is 1. The first kappa shape index (κ1) is 22.2. The molecule has 8 heteroatoms. The summed E-state index contributed by atoms with van der Waals surface area (Å²) < 4.78 is 11.3. The van der Waals surface area contributed by atoms with E-state index in [1.54, 1.807) is 18.2 Å². The molecule has 0 aromatic heterocycles. The lowest BCUT2D eigenvalue weighted by Gasteiger charge is -2.13. The number of amides is 2. The maximum absolute atomic E-state index is 12.6. The van der Waals surface area contributed by atoms with Gasteiger partial charge >= 0.3 is 0 Å². The highest BCUT2D eigenvalue weighted by molar-refractivity contribution is 14.1. The average molecular weight is 505 g/mol. The number of hydrogen-bond donors (Lipinski definition) is 2. The summed E-state index contributed by atoms with van der Waals surface area (Å²) in [4.78, 5) is 23.6. The zero-order chi connectivity index (χ0) is 21.6. The molecule has 0 aliphatic rings. The number of carbonyl (C=O) groups excluding carboxylic acids is 2. The van der Waals surface area contributed by atoms with E-state index in [4.69, 9.17) is 15.2 Å². The zero-order valence-electron chi connectivity index (χ0n) is 16.2. The molecule has 2 amide bonds. The van der Waals surface area contributed by atoms with Gasteiger partial charge in [-0.3, -0.25) is 9.59 Å². The van der Waals surface area contributed by atoms with E-state index in [0.717, 1.165) is 11.1 Å². The number of aryl methyl sites for hydroxylation is 1. The second-order valence-corrected chi connectivity index (χ2v) is 7.32. The maximum Gasteiger partial charge on any atom is 0.266 e. The van der Waals surface area contributed by atoms with Gasteiger partial charge in [-0.15, -0.1) is 0 Å². The molecule has 0 bridgehead atoms. The lowest BCUT2D eigenvalue weighted by Crippen LogP contribution is -2.20. The van der Waals surface area contributed by atoms with Gasteiger partial charge in [0, 0.05) is 5.69 Å². The average Bonchev–Trinajstić information content (AvgIpc) is 2.68. The molecule has 0 saturated carbocycles. The normalized spacial score (nSPS) is 10.8. The summed E-state index contributed by atoms with van der Waals surface area (Å²) >= 11 is 2.01. The fraction of sp³-hybridized carbons (Fsp3) is 0.190. The number of halogens is 1. The molecule has 29 heavy (non-hydrogen) atoms. The van der Waals surface area contributed by atoms with E-state index in [9.17, 15) is 14.9 Å². The van der Waals surface area contributed by atoms with Crippen LogP contribution in [0.15, 0.2) is 35.9 Å². The topological polar surface area (TPSA) is 114 Å². The van der Waals surface area contributed by atoms with E-state index >= 15 is 0 Å². The van der Waals surface area contributed by atoms with Crippen molar-refractivity contribution < 1.29 is 19.1 Å². The SMILES string of the molecule is COc1cc(/C=C(\C#N)C(=O)Nc2cccc(C)c2C)cc(I)c1OCC(N)=O. The Morgan fingerprint density at radius 3 is 2.66 bits per heavy atom. The highest BCUT2D eigenvalue weighted by Crippen LogP contribution is 2.34. The summed E-state index contributed by atoms with van der Waals surface area (Å²) in [5.41, 5.74) is 8.25. The lowest BCUT2D eigenvalue weighted by molar-refractivity contribution is -0.120. The Balaban J connectivity index is 2.33. The molecule has 0 heterocycles. The second kappa shape index (κ2) is 9.93. The molecule has 0 aliphatic heterocycles. The van der Waals surface area contributed by atoms with Gasteiger partial charge in [0.05, 0.1) is 10.7 Å². The molecule has 3 N–H and O–H groups in total. The number of nitrogens with one attached hydrogen (secondary N) is 1. The standard InChI is InChI=1S/C21H20IN3O4/c1-12-5-4-6-17(13(12)2)25-21(27)15(10-23)7-14-8-16(22)20(18(9-14)28-3)29-11-19(24)26/h4-9H,11H2,1-3H3,(H2,24,26)(H,25,27)/b15-7+. The quantitative estimate of drug-likeness (QED) is 0.341. The van der Waals surface area contributed by atoms with Crippen LogP contribution in [0.3, 0.4) is 0 Å². The fourth-order valence-corrected chi connectivity index (χ4v) is 3.28. The smallest absolute Gasteiger partial charge is 0.266 e. The Kier molecular flexibility index (Phi) is 7.61. The number of hydrogen-bond acceptors (Lipinski definition) is 5. The summed E-state index contributed by atoms with van der Waals surface area (Å²) in [7, 11) is 1.45. The number of carbonyl (C=O) groups is 2. The van der Waals surface area contributed by atoms with Gasteiger partial charge in [0.2, 0.25) is 0 Å². The zero-order valence-corrected chi connectivity index (χ0v) is 18.4. The number of ether oxygens (including phenoxy) is 2. The van der Waals surface area contributed by atoms with E-state index in [0.29, 0.717) is 26.3 Å². The molecule has 7 nitrogen and oxygen atoms in total. The Morgan fingerprint density at radius 2 is 2.03 bits per heavy atom. The van der Waals surface area contributed by atoms with Crippen LogP contribution in [0.1, 0.15) is 16.7 Å². The van der Waals surface area contributed by atoms with E-state index in [1.165, 1.54) is 13.2 Å². The predicted octanol–water partition coefficient (Wildman–Crippen LogP) is 3.33. The first-order valence-electron chi connectivity index (χ1n) is 8.54. The van der Waals surface area contributed by atoms with Crippen molar-refractivity contribution in [3.63, 3.8) is 0 Å². The number of benzene rings is 2. The number of primary amides is 1. The Hall–Kier alpha value is -3.06. The van der Waals surface area contributed by atoms with E-state index in [1.807, 2.05) is 54.6 Å². The summed E-state index contributed by atoms with van der Waals surface area (Å²) in [5.74, 6) is -0.398. The van der Waals surface area contributed by atoms with Crippen LogP contribution in [0.2, 0.25) is 0 Å². The van der Waals surface area contributed by atoms with Crippen molar-refractivity contribution in [2.75, 3.05) is 19.0 Å². The van der Waals surface area contributed by atoms with Crippen molar-refractivity contribution in [2.45, 2.75) is 13.8 Å². The third kappa shape index (κ3) is 5.71. The Bertz CT molecular complexity index is 1030. The van der Waals surface area contributed by atoms with Crippen LogP contribution in [0.4, 0.5) is 5.69 Å². The molecular weight excluding hydrogens is 485 g/mol. The summed E-state index contributed by atoms with van der Waals surface area (Å²) in [5, 5.41) is 12.2. The molecule has 2 aromatic carbocycles. The van der Waals surface area contributed by atoms with E-state index in [2.05, 4.69) is 5.32 Å². The molecule has 2 rings (SSSR count). The predicted molar refractivity (Wildman–Crippen MR) is 119 cm³/mol. The molecule has 0 atom stereocenters. The molecule has 0 fully saturated rings. The molecule has 2 aromatic rings. The van der Waals surface area contributed by atoms with Crippen LogP contribution in [0.25, 0.3) is 6.08 Å². The molecule has 150 valence electrons. The highest BCUT2D eigenvalue weighted by Gasteiger charge is 2.15. The Morgan fingerprint density at radius 1 is 1.31 bits per heavy atom. The molecule has 0 spiro atoms. The number of nitrogens with two attached hydrogens (primary N) is 1. The largest absolute Gasteiger partial charge is 0.493 e. The van der Waals surface area contributed by atoms with Gasteiger partial charge in [-0.05, 0) is 77.4 Å². The lowest BCUT2D eigenvalue weighted by atomic mass is 10.1. The first-order chi connectivity index (χ1) is 13.8. The van der Waals surface area contributed by atoms with Crippen molar-refractivity contribution >= 4 is 46.2 Å². The van der Waals surface area contributed by atoms with Gasteiger partial charge in [-0.1, -0.05) is 12.1 Å². The highest BCUT2D eigenvalue weighted by atomic mass is 127. The van der Waals surface area contributed by atoms with E-state index in [-0.39, 0.29) is 12.2 Å². The van der Waals surface area contributed by atoms with Crippen molar-refractivity contribution in [2.24, 2.45) is 5.73 Å². The molecular formula is C21H20IN3O4. The van der Waals surface area contributed by atoms with Crippen LogP contribution in [0.5, 0.6) is 11.5 Å². The van der Waals surface area contributed by atoms with Crippen molar-refractivity contribution in [3.8, 4) is 17.6 Å². The minimum atomic E-state index is -0.610. The van der Waals surface area contributed by atoms with Gasteiger partial charge in [0.25, 0.3) is 11.8 Å². The van der Waals surface area contributed by atoms with Gasteiger partial charge in [-0.25, -0.2) is 0 Å². The minimum absolute atomic E-state index is 0.0606. The maximum atomic E-state index is 12.6. The number of nitriles is 1. The van der Waals surface area contributed by atoms with Crippen LogP contribution in [0, 0.1) is 28.7 Å². The van der Waals surface area contributed by atoms with Gasteiger partial charge in [-0.2, -0.15) is 5.26 Å². The van der Waals surface area contributed by atoms with Crippen molar-refractivity contribution in [1.29, 1.82) is 5.26 Å². The summed E-state index contributed by atoms with van der Waals surface area (Å²) in [6, 6.07) is 10.8. The molecule has 0 saturated heterocycles. The van der Waals surface area contributed by atoms with Crippen LogP contribution < -0.4 is 20.5 Å². The van der Waals surface area contributed by atoms with Crippen LogP contribution in [-0.2, 0) is 9.59 Å². The van der Waals surface area contributed by atoms with E-state index < -0.39 is 11.8 Å². The van der Waals surface area contributed by atoms with Crippen molar-refractivity contribution in [1.82, 2.24) is 0 Å². The third-order valence-corrected chi connectivity index (χ3v) is 4.94. The van der Waals surface area contributed by atoms with Gasteiger partial charge in [0.15, 0.2) is 18.1 Å². The van der Waals surface area contributed by atoms with Crippen LogP contribution in [-0.4, -0.2) is 25.5 Å². The fourth-order valence-electron chi connectivity index (χ4n) is 2.50. The summed E-state index contributed by atoms with van der Waals surface area (Å²) in [6.07, 6.45) is 1.46. The first-order valence-corrected chi connectivity index (χ1v) is 9.62. The number of rotatable bonds is 7. The monoisotopic (exact) mass is 505 g/mol. The van der Waals surface area contributed by atoms with Gasteiger partial charge in [0.1, 0.15) is 11.6 Å². The van der Waals surface area contributed by atoms with Crippen molar-refractivity contribution in [3.05, 3.63) is 56.2 Å². The molecule has 0 radical (unpaired) electrons. The molecule has 0 aliphatic carbocycles. The van der Waals surface area contributed by atoms with Gasteiger partial charge < -0.3 is 20.5 Å². The second-order valence-electron chi connectivity index (χ2n) is 6.16. The number of methoxy groups -OCH3 is 1. The Labute approximate surface area is 182 Å². The molecule has 0 unspecified atom stereocenters. The summed E-state index contributed by atoms with van der Waals surface area (Å²) in [6.45, 7) is 3.56. The van der Waals surface area contributed by atoms with Crippen LogP contribution >= 0.6 is 22.6 Å². The number of anilines is 1. The third-order valence-electron chi connectivity index (χ3n) is 4.14. The minimum Gasteiger partial charge on any atom is -0.493 e.